The van der Waals surface area contributed by atoms with Crippen LogP contribution in [0, 0.1) is 0 Å². The molecule has 1 saturated heterocycles. The molecule has 0 spiro atoms. The molecule has 6 nitrogen and oxygen atoms in total. The second-order valence-electron chi connectivity index (χ2n) is 12.7. The molecule has 2 N–H and O–H groups in total. The zero-order chi connectivity index (χ0) is 30.8. The van der Waals surface area contributed by atoms with E-state index in [0.29, 0.717) is 0 Å². The Balaban J connectivity index is 1.50. The highest BCUT2D eigenvalue weighted by Gasteiger charge is 2.53. The Bertz CT molecular complexity index is 2030. The summed E-state index contributed by atoms with van der Waals surface area (Å²) in [4.78, 5) is 17.8. The number of rotatable bonds is 3. The number of aromatic amines is 2. The summed E-state index contributed by atoms with van der Waals surface area (Å²) < 4.78 is 13.3. The lowest BCUT2D eigenvalue weighted by molar-refractivity contribution is 0.00578. The fraction of sp³-hybridized carbons (Fsp3) is 0.158. The van der Waals surface area contributed by atoms with Gasteiger partial charge in [0.2, 0.25) is 0 Å². The topological polar surface area (TPSA) is 75.8 Å². The van der Waals surface area contributed by atoms with Gasteiger partial charge in [-0.05, 0) is 93.5 Å². The minimum atomic E-state index is -0.650. The SMILES string of the molecule is CC1(C)OB(c2c3nc(c(-c4ccccc4)c4ccc(cc5ccc([nH]5)c(-c5ccccc5)c5nc2C=C5)[nH]4)C=C3)OC1(C)C. The van der Waals surface area contributed by atoms with Gasteiger partial charge in [0.05, 0.1) is 34.0 Å². The van der Waals surface area contributed by atoms with Crippen LogP contribution in [-0.2, 0) is 9.31 Å². The van der Waals surface area contributed by atoms with Crippen molar-refractivity contribution in [2.45, 2.75) is 38.9 Å². The number of nitrogens with zero attached hydrogens (tertiary/aromatic N) is 2. The minimum Gasteiger partial charge on any atom is -0.399 e. The van der Waals surface area contributed by atoms with E-state index >= 15 is 0 Å². The molecular weight excluding hydrogens is 555 g/mol. The van der Waals surface area contributed by atoms with Crippen molar-refractivity contribution in [2.75, 3.05) is 0 Å². The highest BCUT2D eigenvalue weighted by atomic mass is 16.7. The molecule has 5 aromatic rings. The van der Waals surface area contributed by atoms with Gasteiger partial charge in [0.1, 0.15) is 0 Å². The molecule has 45 heavy (non-hydrogen) atoms. The third-order valence-corrected chi connectivity index (χ3v) is 9.22. The van der Waals surface area contributed by atoms with E-state index in [0.717, 1.165) is 72.6 Å². The number of H-pyrrole nitrogens is 2. The molecule has 0 radical (unpaired) electrons. The standard InChI is InChI=1S/C38H33BN4O2/c1-37(2)38(3,4)45-39(44-37)36-32-21-19-30(42-32)34(24-11-7-5-8-12-24)28-17-15-26(40-28)23-27-16-18-29(41-27)35(25-13-9-6-10-14-25)31-20-22-33(36)43-31/h5-23,40-41H,1-4H3. The van der Waals surface area contributed by atoms with Crippen molar-refractivity contribution in [1.29, 1.82) is 0 Å². The molecule has 3 aromatic heterocycles. The first-order valence-corrected chi connectivity index (χ1v) is 15.4. The Morgan fingerprint density at radius 1 is 0.533 bits per heavy atom. The fourth-order valence-electron chi connectivity index (χ4n) is 6.18. The molecular formula is C38H33BN4O2. The zero-order valence-corrected chi connectivity index (χ0v) is 25.8. The maximum Gasteiger partial charge on any atom is 0.499 e. The van der Waals surface area contributed by atoms with Crippen LogP contribution in [0.2, 0.25) is 0 Å². The Hall–Kier alpha value is -4.98. The number of hydrogen-bond donors (Lipinski definition) is 2. The van der Waals surface area contributed by atoms with Crippen molar-refractivity contribution in [3.05, 3.63) is 114 Å². The van der Waals surface area contributed by atoms with Gasteiger partial charge >= 0.3 is 7.12 Å². The van der Waals surface area contributed by atoms with Crippen molar-refractivity contribution in [1.82, 2.24) is 19.9 Å². The Kier molecular flexibility index (Phi) is 6.31. The maximum atomic E-state index is 6.64. The predicted octanol–water partition coefficient (Wildman–Crippen LogP) is 8.29. The van der Waals surface area contributed by atoms with Crippen molar-refractivity contribution in [3.63, 3.8) is 0 Å². The highest BCUT2D eigenvalue weighted by molar-refractivity contribution is 6.64. The molecule has 1 fully saturated rings. The van der Waals surface area contributed by atoms with E-state index in [-0.39, 0.29) is 0 Å². The summed E-state index contributed by atoms with van der Waals surface area (Å²) >= 11 is 0. The normalized spacial score (nSPS) is 16.4. The molecule has 7 heteroatoms. The first-order valence-electron chi connectivity index (χ1n) is 15.4. The summed E-state index contributed by atoms with van der Waals surface area (Å²) in [6.07, 6.45) is 8.26. The molecule has 0 unspecified atom stereocenters. The van der Waals surface area contributed by atoms with Crippen molar-refractivity contribution >= 4 is 59.0 Å². The van der Waals surface area contributed by atoms with Crippen molar-refractivity contribution in [2.24, 2.45) is 0 Å². The van der Waals surface area contributed by atoms with Gasteiger partial charge in [0.25, 0.3) is 0 Å². The van der Waals surface area contributed by atoms with Crippen LogP contribution in [-0.4, -0.2) is 38.3 Å². The van der Waals surface area contributed by atoms with E-state index in [1.807, 2.05) is 12.1 Å². The summed E-state index contributed by atoms with van der Waals surface area (Å²) in [6.45, 7) is 8.29. The van der Waals surface area contributed by atoms with Crippen LogP contribution in [0.15, 0.2) is 91.0 Å². The third kappa shape index (κ3) is 4.76. The van der Waals surface area contributed by atoms with Crippen molar-refractivity contribution in [3.8, 4) is 22.3 Å². The molecule has 0 aliphatic carbocycles. The molecule has 8 bridgehead atoms. The highest BCUT2D eigenvalue weighted by Crippen LogP contribution is 2.38. The quantitative estimate of drug-likeness (QED) is 0.204. The average molecular weight is 589 g/mol. The van der Waals surface area contributed by atoms with E-state index in [1.54, 1.807) is 0 Å². The van der Waals surface area contributed by atoms with Crippen LogP contribution in [0.5, 0.6) is 0 Å². The summed E-state index contributed by atoms with van der Waals surface area (Å²) in [5.41, 5.74) is 11.2. The molecule has 0 amide bonds. The summed E-state index contributed by atoms with van der Waals surface area (Å²) in [5.74, 6) is 0. The van der Waals surface area contributed by atoms with Gasteiger partial charge in [0, 0.05) is 38.7 Å². The maximum absolute atomic E-state index is 6.64. The predicted molar refractivity (Wildman–Crippen MR) is 185 cm³/mol. The summed E-state index contributed by atoms with van der Waals surface area (Å²) in [5, 5.41) is 0. The van der Waals surface area contributed by atoms with Gasteiger partial charge in [-0.3, -0.25) is 0 Å². The molecule has 2 aromatic carbocycles. The van der Waals surface area contributed by atoms with E-state index in [9.17, 15) is 0 Å². The van der Waals surface area contributed by atoms with Crippen LogP contribution >= 0.6 is 0 Å². The van der Waals surface area contributed by atoms with Crippen LogP contribution in [0.4, 0.5) is 0 Å². The Labute approximate surface area is 262 Å². The molecule has 3 aliphatic rings. The van der Waals surface area contributed by atoms with E-state index in [1.165, 1.54) is 0 Å². The van der Waals surface area contributed by atoms with Crippen LogP contribution in [0.1, 0.15) is 50.5 Å². The lowest BCUT2D eigenvalue weighted by Gasteiger charge is -2.32. The number of benzene rings is 2. The second-order valence-corrected chi connectivity index (χ2v) is 12.7. The van der Waals surface area contributed by atoms with Crippen LogP contribution < -0.4 is 5.46 Å². The van der Waals surface area contributed by atoms with Gasteiger partial charge in [-0.25, -0.2) is 9.97 Å². The average Bonchev–Trinajstić information content (AvgIpc) is 3.86. The second kappa shape index (κ2) is 10.3. The summed E-state index contributed by atoms with van der Waals surface area (Å²) in [7, 11) is -0.650. The number of nitrogens with one attached hydrogen (secondary N) is 2. The molecule has 0 saturated carbocycles. The zero-order valence-electron chi connectivity index (χ0n) is 25.8. The first kappa shape index (κ1) is 27.6. The third-order valence-electron chi connectivity index (χ3n) is 9.22. The van der Waals surface area contributed by atoms with Gasteiger partial charge < -0.3 is 19.3 Å². The van der Waals surface area contributed by atoms with Crippen LogP contribution in [0.25, 0.3) is 68.6 Å². The molecule has 220 valence electrons. The number of aromatic nitrogens is 4. The Morgan fingerprint density at radius 2 is 0.956 bits per heavy atom. The fourth-order valence-corrected chi connectivity index (χ4v) is 6.18. The summed E-state index contributed by atoms with van der Waals surface area (Å²) in [6, 6.07) is 31.3. The molecule has 8 rings (SSSR count). The monoisotopic (exact) mass is 588 g/mol. The van der Waals surface area contributed by atoms with E-state index < -0.39 is 18.3 Å². The largest absolute Gasteiger partial charge is 0.499 e. The van der Waals surface area contributed by atoms with Crippen molar-refractivity contribution < 1.29 is 9.31 Å². The van der Waals surface area contributed by atoms with E-state index in [2.05, 4.69) is 141 Å². The number of hydrogen-bond acceptors (Lipinski definition) is 4. The smallest absolute Gasteiger partial charge is 0.399 e. The molecule has 6 heterocycles. The molecule has 0 atom stereocenters. The van der Waals surface area contributed by atoms with E-state index in [4.69, 9.17) is 19.3 Å². The van der Waals surface area contributed by atoms with Gasteiger partial charge in [-0.2, -0.15) is 0 Å². The minimum absolute atomic E-state index is 0.523. The van der Waals surface area contributed by atoms with Crippen LogP contribution in [0.3, 0.4) is 0 Å². The Morgan fingerprint density at radius 3 is 1.40 bits per heavy atom. The molecule has 3 aliphatic heterocycles. The lowest BCUT2D eigenvalue weighted by Crippen LogP contribution is -2.41. The first-order chi connectivity index (χ1) is 21.8. The van der Waals surface area contributed by atoms with Gasteiger partial charge in [-0.15, -0.1) is 0 Å². The number of fused-ring (bicyclic) bond motifs is 8. The van der Waals surface area contributed by atoms with Gasteiger partial charge in [0.15, 0.2) is 0 Å². The lowest BCUT2D eigenvalue weighted by atomic mass is 9.76. The van der Waals surface area contributed by atoms with Gasteiger partial charge in [-0.1, -0.05) is 60.7 Å².